The number of hydrogen-bond donors (Lipinski definition) is 0. The Morgan fingerprint density at radius 2 is 0.727 bits per heavy atom. The molecule has 4 atom stereocenters. The van der Waals surface area contributed by atoms with Crippen molar-refractivity contribution in [3.05, 3.63) is 94.0 Å². The zero-order valence-corrected chi connectivity index (χ0v) is 26.3. The molecule has 0 heterocycles. The van der Waals surface area contributed by atoms with Crippen LogP contribution in [0.5, 0.6) is 46.0 Å². The fourth-order valence-corrected chi connectivity index (χ4v) is 7.39. The zero-order valence-electron chi connectivity index (χ0n) is 26.3. The Kier molecular flexibility index (Phi) is 7.84. The van der Waals surface area contributed by atoms with Crippen LogP contribution >= 0.6 is 0 Å². The maximum atomic E-state index is 6.08. The van der Waals surface area contributed by atoms with Crippen LogP contribution in [-0.2, 0) is 0 Å². The third-order valence-corrected chi connectivity index (χ3v) is 9.19. The van der Waals surface area contributed by atoms with Gasteiger partial charge in [-0.15, -0.1) is 0 Å². The number of ether oxygens (including phenoxy) is 8. The van der Waals surface area contributed by atoms with Crippen LogP contribution in [0.25, 0.3) is 0 Å². The van der Waals surface area contributed by atoms with Crippen molar-refractivity contribution in [3.63, 3.8) is 0 Å². The van der Waals surface area contributed by atoms with Crippen LogP contribution in [0.2, 0.25) is 0 Å². The molecule has 8 heteroatoms. The van der Waals surface area contributed by atoms with Crippen molar-refractivity contribution in [2.75, 3.05) is 56.9 Å². The van der Waals surface area contributed by atoms with Gasteiger partial charge >= 0.3 is 0 Å². The smallest absolute Gasteiger partial charge is 0.161 e. The predicted molar refractivity (Wildman–Crippen MR) is 167 cm³/mol. The molecule has 0 fully saturated rings. The largest absolute Gasteiger partial charge is 0.497 e. The van der Waals surface area contributed by atoms with Crippen molar-refractivity contribution in [2.24, 2.45) is 0 Å². The SMILES string of the molecule is COc1cc(OC)c2c(c1)[C@H]1[C@H](c3ccc(OC)c(OC)c3)c3c(OC)cc(OC)cc3[C@H]1[C@@H]2c1ccc(OC)c(OC)c1. The highest BCUT2D eigenvalue weighted by Gasteiger charge is 2.55. The van der Waals surface area contributed by atoms with Gasteiger partial charge in [-0.05, 0) is 58.7 Å². The van der Waals surface area contributed by atoms with E-state index in [0.717, 1.165) is 56.4 Å². The van der Waals surface area contributed by atoms with Crippen molar-refractivity contribution in [3.8, 4) is 46.0 Å². The highest BCUT2D eigenvalue weighted by molar-refractivity contribution is 5.69. The zero-order chi connectivity index (χ0) is 31.1. The van der Waals surface area contributed by atoms with Gasteiger partial charge in [0.05, 0.1) is 56.9 Å². The summed E-state index contributed by atoms with van der Waals surface area (Å²) in [4.78, 5) is 0. The fourth-order valence-electron chi connectivity index (χ4n) is 7.39. The summed E-state index contributed by atoms with van der Waals surface area (Å²) in [7, 11) is 13.4. The van der Waals surface area contributed by atoms with Gasteiger partial charge in [-0.1, -0.05) is 12.1 Å². The molecule has 0 saturated heterocycles. The number of hydrogen-bond acceptors (Lipinski definition) is 8. The van der Waals surface area contributed by atoms with E-state index in [1.54, 1.807) is 56.9 Å². The molecular formula is C36H38O8. The number of fused-ring (bicyclic) bond motifs is 5. The van der Waals surface area contributed by atoms with Crippen LogP contribution < -0.4 is 37.9 Å². The van der Waals surface area contributed by atoms with E-state index in [2.05, 4.69) is 36.4 Å². The third kappa shape index (κ3) is 4.43. The molecule has 230 valence electrons. The molecule has 0 bridgehead atoms. The normalized spacial score (nSPS) is 19.4. The first-order valence-corrected chi connectivity index (χ1v) is 14.4. The molecule has 0 aromatic heterocycles. The molecule has 2 aliphatic carbocycles. The van der Waals surface area contributed by atoms with Gasteiger partial charge in [0, 0.05) is 46.9 Å². The maximum absolute atomic E-state index is 6.08. The highest BCUT2D eigenvalue weighted by Crippen LogP contribution is 2.69. The Morgan fingerprint density at radius 1 is 0.364 bits per heavy atom. The van der Waals surface area contributed by atoms with Crippen LogP contribution in [0.1, 0.15) is 57.1 Å². The number of methoxy groups -OCH3 is 8. The molecule has 4 aromatic carbocycles. The average molecular weight is 599 g/mol. The molecule has 0 radical (unpaired) electrons. The summed E-state index contributed by atoms with van der Waals surface area (Å²) in [5, 5.41) is 0. The first-order chi connectivity index (χ1) is 21.5. The summed E-state index contributed by atoms with van der Waals surface area (Å²) in [6.45, 7) is 0. The fraction of sp³-hybridized carbons (Fsp3) is 0.333. The van der Waals surface area contributed by atoms with Crippen LogP contribution in [0.3, 0.4) is 0 Å². The van der Waals surface area contributed by atoms with Crippen molar-refractivity contribution in [2.45, 2.75) is 23.7 Å². The molecule has 44 heavy (non-hydrogen) atoms. The van der Waals surface area contributed by atoms with Crippen molar-refractivity contribution in [1.29, 1.82) is 0 Å². The summed E-state index contributed by atoms with van der Waals surface area (Å²) in [5.74, 6) is 5.53. The van der Waals surface area contributed by atoms with Crippen LogP contribution in [0.15, 0.2) is 60.7 Å². The molecular weight excluding hydrogens is 560 g/mol. The molecule has 0 saturated carbocycles. The van der Waals surface area contributed by atoms with E-state index in [0.29, 0.717) is 23.0 Å². The van der Waals surface area contributed by atoms with Crippen LogP contribution in [-0.4, -0.2) is 56.9 Å². The quantitative estimate of drug-likeness (QED) is 0.195. The van der Waals surface area contributed by atoms with Gasteiger partial charge in [0.1, 0.15) is 23.0 Å². The minimum Gasteiger partial charge on any atom is -0.497 e. The van der Waals surface area contributed by atoms with Gasteiger partial charge in [-0.25, -0.2) is 0 Å². The van der Waals surface area contributed by atoms with Crippen LogP contribution in [0, 0.1) is 0 Å². The van der Waals surface area contributed by atoms with Crippen molar-refractivity contribution >= 4 is 0 Å². The van der Waals surface area contributed by atoms with Gasteiger partial charge in [0.25, 0.3) is 0 Å². The molecule has 2 aliphatic rings. The molecule has 0 N–H and O–H groups in total. The second-order valence-electron chi connectivity index (χ2n) is 10.9. The second kappa shape index (κ2) is 11.8. The van der Waals surface area contributed by atoms with E-state index in [1.165, 1.54) is 0 Å². The Labute approximate surface area is 258 Å². The predicted octanol–water partition coefficient (Wildman–Crippen LogP) is 6.91. The molecule has 4 aromatic rings. The van der Waals surface area contributed by atoms with Gasteiger partial charge < -0.3 is 37.9 Å². The summed E-state index contributed by atoms with van der Waals surface area (Å²) < 4.78 is 46.5. The van der Waals surface area contributed by atoms with E-state index in [1.807, 2.05) is 24.3 Å². The lowest BCUT2D eigenvalue weighted by Gasteiger charge is -2.24. The summed E-state index contributed by atoms with van der Waals surface area (Å²) in [6, 6.07) is 20.5. The Bertz CT molecular complexity index is 1570. The first-order valence-electron chi connectivity index (χ1n) is 14.4. The lowest BCUT2D eigenvalue weighted by atomic mass is 9.79. The van der Waals surface area contributed by atoms with Crippen molar-refractivity contribution < 1.29 is 37.9 Å². The first kappa shape index (κ1) is 29.4. The Balaban J connectivity index is 1.69. The minimum absolute atomic E-state index is 0.00111. The Hall–Kier alpha value is -4.72. The third-order valence-electron chi connectivity index (χ3n) is 9.19. The standard InChI is InChI=1S/C36H38O8/c1-37-21-15-23-33(29(17-21)43-7)31(19-9-11-25(39-3)27(13-19)41-5)36-24-16-22(38-2)18-30(44-8)34(24)32(35(23)36)20-10-12-26(40-4)28(14-20)42-6/h9-18,31-32,35-36H,1-8H3/t31-,32-,35+,36+/m1/s1. The van der Waals surface area contributed by atoms with E-state index in [4.69, 9.17) is 37.9 Å². The average Bonchev–Trinajstić information content (AvgIpc) is 3.59. The number of benzene rings is 4. The Morgan fingerprint density at radius 3 is 1.05 bits per heavy atom. The molecule has 0 amide bonds. The molecule has 6 rings (SSSR count). The van der Waals surface area contributed by atoms with Crippen LogP contribution in [0.4, 0.5) is 0 Å². The molecule has 0 spiro atoms. The minimum atomic E-state index is -0.0867. The topological polar surface area (TPSA) is 73.8 Å². The second-order valence-corrected chi connectivity index (χ2v) is 10.9. The number of rotatable bonds is 10. The summed E-state index contributed by atoms with van der Waals surface area (Å²) in [6.07, 6.45) is 0. The van der Waals surface area contributed by atoms with E-state index in [-0.39, 0.29) is 23.7 Å². The maximum Gasteiger partial charge on any atom is 0.161 e. The lowest BCUT2D eigenvalue weighted by molar-refractivity contribution is 0.353. The highest BCUT2D eigenvalue weighted by atomic mass is 16.5. The monoisotopic (exact) mass is 598 g/mol. The molecule has 0 aliphatic heterocycles. The molecule has 0 unspecified atom stereocenters. The van der Waals surface area contributed by atoms with Gasteiger partial charge in [0.2, 0.25) is 0 Å². The molecule has 8 nitrogen and oxygen atoms in total. The lowest BCUT2D eigenvalue weighted by Crippen LogP contribution is -2.11. The summed E-state index contributed by atoms with van der Waals surface area (Å²) >= 11 is 0. The van der Waals surface area contributed by atoms with E-state index in [9.17, 15) is 0 Å². The summed E-state index contributed by atoms with van der Waals surface area (Å²) in [5.41, 5.74) is 6.72. The van der Waals surface area contributed by atoms with E-state index < -0.39 is 0 Å². The van der Waals surface area contributed by atoms with Gasteiger partial charge in [-0.3, -0.25) is 0 Å². The van der Waals surface area contributed by atoms with Gasteiger partial charge in [0.15, 0.2) is 23.0 Å². The van der Waals surface area contributed by atoms with E-state index >= 15 is 0 Å². The van der Waals surface area contributed by atoms with Crippen molar-refractivity contribution in [1.82, 2.24) is 0 Å². The van der Waals surface area contributed by atoms with Gasteiger partial charge in [-0.2, -0.15) is 0 Å².